The molecule has 0 aliphatic heterocycles. The maximum absolute atomic E-state index is 3.29. The summed E-state index contributed by atoms with van der Waals surface area (Å²) in [6, 6.07) is 10.6. The van der Waals surface area contributed by atoms with Crippen LogP contribution in [0.15, 0.2) is 48.6 Å². The van der Waals surface area contributed by atoms with Crippen LogP contribution in [0.25, 0.3) is 0 Å². The van der Waals surface area contributed by atoms with Gasteiger partial charge in [0.15, 0.2) is 0 Å². The minimum absolute atomic E-state index is 0. The van der Waals surface area contributed by atoms with E-state index in [2.05, 4.69) is 48.6 Å². The van der Waals surface area contributed by atoms with E-state index in [-0.39, 0.29) is 18.9 Å². The number of rotatable bonds is 3. The molecule has 1 aliphatic rings. The van der Waals surface area contributed by atoms with Gasteiger partial charge in [0, 0.05) is 0 Å². The summed E-state index contributed by atoms with van der Waals surface area (Å²) in [5.41, 5.74) is 1.42. The van der Waals surface area contributed by atoms with Gasteiger partial charge in [-0.05, 0) is 12.0 Å². The maximum Gasteiger partial charge on any atom is 1.00 e. The molecular weight excluding hydrogens is 163 g/mol. The standard InChI is InChI=1S/C13H13.Li/c1-2-6-12(7-3-1)10-11-13-8-4-5-9-13;/h1-8,13H,10-11H2;/q-1;+1. The molecule has 2 rings (SSSR count). The summed E-state index contributed by atoms with van der Waals surface area (Å²) in [5.74, 6) is 0.542. The molecule has 1 aromatic rings. The van der Waals surface area contributed by atoms with Crippen molar-refractivity contribution in [3.05, 3.63) is 60.2 Å². The molecule has 0 bridgehead atoms. The summed E-state index contributed by atoms with van der Waals surface area (Å²) in [7, 11) is 0. The van der Waals surface area contributed by atoms with Gasteiger partial charge in [-0.15, -0.1) is 0 Å². The Balaban J connectivity index is 0.000000980. The van der Waals surface area contributed by atoms with E-state index in [0.29, 0.717) is 5.92 Å². The van der Waals surface area contributed by atoms with Crippen LogP contribution in [-0.2, 0) is 6.42 Å². The number of aryl methyl sites for hydroxylation is 1. The van der Waals surface area contributed by atoms with E-state index in [1.54, 1.807) is 0 Å². The predicted molar refractivity (Wildman–Crippen MR) is 55.2 cm³/mol. The fourth-order valence-corrected chi connectivity index (χ4v) is 1.57. The van der Waals surface area contributed by atoms with E-state index < -0.39 is 0 Å². The SMILES string of the molecule is [C-]1=CC=CC1CCc1ccccc1.[Li+]. The van der Waals surface area contributed by atoms with Crippen LogP contribution < -0.4 is 18.9 Å². The molecule has 0 fully saturated rings. The molecule has 0 saturated carbocycles. The third kappa shape index (κ3) is 3.22. The van der Waals surface area contributed by atoms with Crippen molar-refractivity contribution >= 4 is 0 Å². The molecule has 0 spiro atoms. The van der Waals surface area contributed by atoms with Gasteiger partial charge >= 0.3 is 18.9 Å². The second-order valence-corrected chi connectivity index (χ2v) is 3.35. The van der Waals surface area contributed by atoms with E-state index >= 15 is 0 Å². The van der Waals surface area contributed by atoms with E-state index in [4.69, 9.17) is 0 Å². The Morgan fingerprint density at radius 3 is 2.57 bits per heavy atom. The van der Waals surface area contributed by atoms with E-state index in [0.717, 1.165) is 6.42 Å². The van der Waals surface area contributed by atoms with Gasteiger partial charge in [-0.25, -0.2) is 12.2 Å². The van der Waals surface area contributed by atoms with Gasteiger partial charge in [-0.1, -0.05) is 42.7 Å². The zero-order chi connectivity index (χ0) is 8.93. The Hall–Kier alpha value is -0.703. The third-order valence-electron chi connectivity index (χ3n) is 2.34. The summed E-state index contributed by atoms with van der Waals surface area (Å²) in [4.78, 5) is 0. The molecule has 1 unspecified atom stereocenters. The zero-order valence-electron chi connectivity index (χ0n) is 8.61. The molecule has 0 saturated heterocycles. The smallest absolute Gasteiger partial charge is 0.270 e. The minimum atomic E-state index is 0. The van der Waals surface area contributed by atoms with E-state index in [9.17, 15) is 0 Å². The van der Waals surface area contributed by atoms with Crippen molar-refractivity contribution in [2.75, 3.05) is 0 Å². The Labute approximate surface area is 97.9 Å². The molecule has 66 valence electrons. The molecule has 0 radical (unpaired) electrons. The van der Waals surface area contributed by atoms with Crippen molar-refractivity contribution in [2.24, 2.45) is 5.92 Å². The Morgan fingerprint density at radius 2 is 1.93 bits per heavy atom. The van der Waals surface area contributed by atoms with Crippen LogP contribution in [0.2, 0.25) is 0 Å². The first-order valence-electron chi connectivity index (χ1n) is 4.75. The van der Waals surface area contributed by atoms with Crippen LogP contribution in [0.5, 0.6) is 0 Å². The Morgan fingerprint density at radius 1 is 1.14 bits per heavy atom. The number of allylic oxidation sites excluding steroid dienone is 4. The molecule has 1 atom stereocenters. The fourth-order valence-electron chi connectivity index (χ4n) is 1.57. The van der Waals surface area contributed by atoms with Gasteiger partial charge in [0.1, 0.15) is 0 Å². The van der Waals surface area contributed by atoms with Gasteiger partial charge in [0.25, 0.3) is 0 Å². The van der Waals surface area contributed by atoms with Crippen molar-refractivity contribution in [1.29, 1.82) is 0 Å². The monoisotopic (exact) mass is 176 g/mol. The van der Waals surface area contributed by atoms with Crippen LogP contribution >= 0.6 is 0 Å². The summed E-state index contributed by atoms with van der Waals surface area (Å²) >= 11 is 0. The van der Waals surface area contributed by atoms with Crippen molar-refractivity contribution < 1.29 is 18.9 Å². The molecule has 0 aromatic heterocycles. The molecule has 0 nitrogen and oxygen atoms in total. The molecule has 1 aliphatic carbocycles. The average Bonchev–Trinajstić information content (AvgIpc) is 2.69. The summed E-state index contributed by atoms with van der Waals surface area (Å²) in [6.07, 6.45) is 11.9. The molecule has 1 heteroatoms. The van der Waals surface area contributed by atoms with Crippen molar-refractivity contribution in [3.63, 3.8) is 0 Å². The third-order valence-corrected chi connectivity index (χ3v) is 2.34. The fraction of sp³-hybridized carbons (Fsp3) is 0.231. The van der Waals surface area contributed by atoms with Gasteiger partial charge in [0.05, 0.1) is 0 Å². The van der Waals surface area contributed by atoms with E-state index in [1.807, 2.05) is 6.08 Å². The minimum Gasteiger partial charge on any atom is -0.270 e. The Bertz CT molecular complexity index is 299. The van der Waals surface area contributed by atoms with E-state index in [1.165, 1.54) is 12.0 Å². The molecule has 0 N–H and O–H groups in total. The second-order valence-electron chi connectivity index (χ2n) is 3.35. The van der Waals surface area contributed by atoms with Crippen LogP contribution in [0.1, 0.15) is 12.0 Å². The van der Waals surface area contributed by atoms with Crippen LogP contribution in [0, 0.1) is 12.0 Å². The number of hydrogen-bond acceptors (Lipinski definition) is 0. The van der Waals surface area contributed by atoms with Gasteiger partial charge in [-0.3, -0.25) is 6.08 Å². The first-order valence-corrected chi connectivity index (χ1v) is 4.75. The van der Waals surface area contributed by atoms with Crippen LogP contribution in [-0.4, -0.2) is 0 Å². The normalized spacial score (nSPS) is 18.1. The second kappa shape index (κ2) is 5.91. The van der Waals surface area contributed by atoms with Crippen molar-refractivity contribution in [2.45, 2.75) is 12.8 Å². The predicted octanol–water partition coefficient (Wildman–Crippen LogP) is 0.169. The summed E-state index contributed by atoms with van der Waals surface area (Å²) in [6.45, 7) is 0. The van der Waals surface area contributed by atoms with Gasteiger partial charge < -0.3 is 0 Å². The van der Waals surface area contributed by atoms with Crippen molar-refractivity contribution in [1.82, 2.24) is 0 Å². The summed E-state index contributed by atoms with van der Waals surface area (Å²) < 4.78 is 0. The molecule has 14 heavy (non-hydrogen) atoms. The van der Waals surface area contributed by atoms with Crippen LogP contribution in [0.3, 0.4) is 0 Å². The first-order chi connectivity index (χ1) is 6.45. The zero-order valence-corrected chi connectivity index (χ0v) is 8.61. The molecular formula is C13H13Li. The van der Waals surface area contributed by atoms with Gasteiger partial charge in [-0.2, -0.15) is 6.08 Å². The van der Waals surface area contributed by atoms with Crippen molar-refractivity contribution in [3.8, 4) is 0 Å². The maximum atomic E-state index is 3.29. The largest absolute Gasteiger partial charge is 1.00 e. The molecule has 0 amide bonds. The topological polar surface area (TPSA) is 0 Å². The Kier molecular flexibility index (Phi) is 4.80. The number of hydrogen-bond donors (Lipinski definition) is 0. The molecule has 1 aromatic carbocycles. The average molecular weight is 176 g/mol. The molecule has 0 heterocycles. The van der Waals surface area contributed by atoms with Crippen LogP contribution in [0.4, 0.5) is 0 Å². The number of benzene rings is 1. The summed E-state index contributed by atoms with van der Waals surface area (Å²) in [5, 5.41) is 0. The quantitative estimate of drug-likeness (QED) is 0.455. The first kappa shape index (κ1) is 11.4. The van der Waals surface area contributed by atoms with Gasteiger partial charge in [0.2, 0.25) is 0 Å².